The van der Waals surface area contributed by atoms with Crippen LogP contribution in [0.15, 0.2) is 48.5 Å². The fourth-order valence-corrected chi connectivity index (χ4v) is 2.39. The molecule has 0 atom stereocenters. The SMILES string of the molecule is CCN(CCC(=O)Nc1ccc(N)cc1)c1ccccc1C. The highest BCUT2D eigenvalue weighted by Gasteiger charge is 2.09. The van der Waals surface area contributed by atoms with E-state index in [2.05, 4.69) is 36.2 Å². The van der Waals surface area contributed by atoms with Gasteiger partial charge in [-0.05, 0) is 49.7 Å². The summed E-state index contributed by atoms with van der Waals surface area (Å²) in [5.41, 5.74) is 9.51. The predicted molar refractivity (Wildman–Crippen MR) is 93.2 cm³/mol. The van der Waals surface area contributed by atoms with Crippen LogP contribution >= 0.6 is 0 Å². The molecule has 0 bridgehead atoms. The molecule has 0 radical (unpaired) electrons. The highest BCUT2D eigenvalue weighted by molar-refractivity contribution is 5.91. The lowest BCUT2D eigenvalue weighted by Gasteiger charge is -2.24. The quantitative estimate of drug-likeness (QED) is 0.803. The third kappa shape index (κ3) is 4.25. The number of hydrogen-bond donors (Lipinski definition) is 2. The van der Waals surface area contributed by atoms with Crippen LogP contribution in [-0.4, -0.2) is 19.0 Å². The molecule has 22 heavy (non-hydrogen) atoms. The van der Waals surface area contributed by atoms with E-state index in [-0.39, 0.29) is 5.91 Å². The van der Waals surface area contributed by atoms with Gasteiger partial charge < -0.3 is 16.0 Å². The van der Waals surface area contributed by atoms with E-state index >= 15 is 0 Å². The minimum atomic E-state index is 0.0109. The van der Waals surface area contributed by atoms with E-state index in [0.717, 1.165) is 12.2 Å². The molecular weight excluding hydrogens is 274 g/mol. The first-order chi connectivity index (χ1) is 10.6. The number of amides is 1. The molecular formula is C18H23N3O. The smallest absolute Gasteiger partial charge is 0.226 e. The molecule has 0 aliphatic carbocycles. The Morgan fingerprint density at radius 2 is 1.82 bits per heavy atom. The van der Waals surface area contributed by atoms with Crippen molar-refractivity contribution in [3.05, 3.63) is 54.1 Å². The molecule has 3 N–H and O–H groups in total. The molecule has 0 saturated carbocycles. The standard InChI is InChI=1S/C18H23N3O/c1-3-21(17-7-5-4-6-14(17)2)13-12-18(22)20-16-10-8-15(19)9-11-16/h4-11H,3,12-13,19H2,1-2H3,(H,20,22). The van der Waals surface area contributed by atoms with Gasteiger partial charge in [0.1, 0.15) is 0 Å². The Morgan fingerprint density at radius 1 is 1.14 bits per heavy atom. The van der Waals surface area contributed by atoms with Crippen LogP contribution in [0.25, 0.3) is 0 Å². The molecule has 116 valence electrons. The first-order valence-corrected chi connectivity index (χ1v) is 7.56. The van der Waals surface area contributed by atoms with Gasteiger partial charge in [-0.1, -0.05) is 18.2 Å². The van der Waals surface area contributed by atoms with Crippen molar-refractivity contribution in [3.8, 4) is 0 Å². The number of anilines is 3. The minimum Gasteiger partial charge on any atom is -0.399 e. The second-order valence-corrected chi connectivity index (χ2v) is 5.29. The van der Waals surface area contributed by atoms with E-state index in [1.807, 2.05) is 24.3 Å². The normalized spacial score (nSPS) is 10.3. The van der Waals surface area contributed by atoms with Crippen LogP contribution in [0, 0.1) is 6.92 Å². The maximum absolute atomic E-state index is 12.1. The van der Waals surface area contributed by atoms with E-state index in [1.54, 1.807) is 12.1 Å². The van der Waals surface area contributed by atoms with Crippen molar-refractivity contribution in [1.29, 1.82) is 0 Å². The zero-order chi connectivity index (χ0) is 15.9. The largest absolute Gasteiger partial charge is 0.399 e. The van der Waals surface area contributed by atoms with Gasteiger partial charge in [-0.2, -0.15) is 0 Å². The van der Waals surface area contributed by atoms with Gasteiger partial charge in [0.15, 0.2) is 0 Å². The summed E-state index contributed by atoms with van der Waals surface area (Å²) in [4.78, 5) is 14.3. The van der Waals surface area contributed by atoms with E-state index in [4.69, 9.17) is 5.73 Å². The van der Waals surface area contributed by atoms with E-state index < -0.39 is 0 Å². The van der Waals surface area contributed by atoms with Crippen LogP contribution in [0.1, 0.15) is 18.9 Å². The molecule has 2 rings (SSSR count). The summed E-state index contributed by atoms with van der Waals surface area (Å²) in [5, 5.41) is 2.89. The topological polar surface area (TPSA) is 58.4 Å². The first kappa shape index (κ1) is 15.9. The fraction of sp³-hybridized carbons (Fsp3) is 0.278. The van der Waals surface area contributed by atoms with Crippen molar-refractivity contribution < 1.29 is 4.79 Å². The van der Waals surface area contributed by atoms with Crippen molar-refractivity contribution >= 4 is 23.0 Å². The lowest BCUT2D eigenvalue weighted by atomic mass is 10.1. The Labute approximate surface area is 131 Å². The summed E-state index contributed by atoms with van der Waals surface area (Å²) in [6.45, 7) is 5.76. The number of nitrogens with one attached hydrogen (secondary N) is 1. The summed E-state index contributed by atoms with van der Waals surface area (Å²) >= 11 is 0. The van der Waals surface area contributed by atoms with Crippen molar-refractivity contribution in [2.45, 2.75) is 20.3 Å². The molecule has 0 fully saturated rings. The summed E-state index contributed by atoms with van der Waals surface area (Å²) in [6, 6.07) is 15.4. The number of rotatable bonds is 6. The van der Waals surface area contributed by atoms with Gasteiger partial charge >= 0.3 is 0 Å². The van der Waals surface area contributed by atoms with E-state index in [0.29, 0.717) is 18.7 Å². The highest BCUT2D eigenvalue weighted by Crippen LogP contribution is 2.19. The number of aryl methyl sites for hydroxylation is 1. The first-order valence-electron chi connectivity index (χ1n) is 7.56. The molecule has 4 nitrogen and oxygen atoms in total. The molecule has 1 amide bonds. The molecule has 0 saturated heterocycles. The number of para-hydroxylation sites is 1. The van der Waals surface area contributed by atoms with Crippen LogP contribution in [0.5, 0.6) is 0 Å². The highest BCUT2D eigenvalue weighted by atomic mass is 16.1. The predicted octanol–water partition coefficient (Wildman–Crippen LogP) is 3.43. The van der Waals surface area contributed by atoms with E-state index in [9.17, 15) is 4.79 Å². The zero-order valence-corrected chi connectivity index (χ0v) is 13.2. The molecule has 0 aliphatic rings. The molecule has 2 aromatic carbocycles. The molecule has 0 unspecified atom stereocenters. The monoisotopic (exact) mass is 297 g/mol. The van der Waals surface area contributed by atoms with Gasteiger partial charge in [-0.15, -0.1) is 0 Å². The third-order valence-electron chi connectivity index (χ3n) is 3.64. The summed E-state index contributed by atoms with van der Waals surface area (Å²) in [7, 11) is 0. The van der Waals surface area contributed by atoms with Gasteiger partial charge in [0, 0.05) is 36.6 Å². The minimum absolute atomic E-state index is 0.0109. The lowest BCUT2D eigenvalue weighted by Crippen LogP contribution is -2.28. The molecule has 0 spiro atoms. The van der Waals surface area contributed by atoms with Crippen LogP contribution in [-0.2, 0) is 4.79 Å². The zero-order valence-electron chi connectivity index (χ0n) is 13.2. The van der Waals surface area contributed by atoms with Crippen molar-refractivity contribution in [1.82, 2.24) is 0 Å². The Morgan fingerprint density at radius 3 is 2.45 bits per heavy atom. The second-order valence-electron chi connectivity index (χ2n) is 5.29. The fourth-order valence-electron chi connectivity index (χ4n) is 2.39. The van der Waals surface area contributed by atoms with Crippen molar-refractivity contribution in [2.75, 3.05) is 29.0 Å². The Bertz CT molecular complexity index is 622. The Balaban J connectivity index is 1.91. The number of nitrogen functional groups attached to an aromatic ring is 1. The number of carbonyl (C=O) groups excluding carboxylic acids is 1. The van der Waals surface area contributed by atoms with Gasteiger partial charge in [-0.25, -0.2) is 0 Å². The number of nitrogens with two attached hydrogens (primary N) is 1. The lowest BCUT2D eigenvalue weighted by molar-refractivity contribution is -0.116. The molecule has 4 heteroatoms. The average Bonchev–Trinajstić information content (AvgIpc) is 2.52. The maximum atomic E-state index is 12.1. The second kappa shape index (κ2) is 7.50. The number of hydrogen-bond acceptors (Lipinski definition) is 3. The Hall–Kier alpha value is -2.49. The maximum Gasteiger partial charge on any atom is 0.226 e. The Kier molecular flexibility index (Phi) is 5.42. The summed E-state index contributed by atoms with van der Waals surface area (Å²) < 4.78 is 0. The summed E-state index contributed by atoms with van der Waals surface area (Å²) in [6.07, 6.45) is 0.451. The molecule has 0 heterocycles. The van der Waals surface area contributed by atoms with Gasteiger partial charge in [-0.3, -0.25) is 4.79 Å². The molecule has 0 aliphatic heterocycles. The van der Waals surface area contributed by atoms with Gasteiger partial charge in [0.2, 0.25) is 5.91 Å². The number of nitrogens with zero attached hydrogens (tertiary/aromatic N) is 1. The molecule has 2 aromatic rings. The van der Waals surface area contributed by atoms with Crippen molar-refractivity contribution in [2.24, 2.45) is 0 Å². The number of carbonyl (C=O) groups is 1. The van der Waals surface area contributed by atoms with E-state index in [1.165, 1.54) is 11.3 Å². The van der Waals surface area contributed by atoms with Crippen LogP contribution in [0.3, 0.4) is 0 Å². The van der Waals surface area contributed by atoms with Crippen LogP contribution < -0.4 is 16.0 Å². The van der Waals surface area contributed by atoms with Crippen LogP contribution in [0.4, 0.5) is 17.1 Å². The average molecular weight is 297 g/mol. The molecule has 0 aromatic heterocycles. The van der Waals surface area contributed by atoms with Gasteiger partial charge in [0.05, 0.1) is 0 Å². The van der Waals surface area contributed by atoms with Crippen molar-refractivity contribution in [3.63, 3.8) is 0 Å². The van der Waals surface area contributed by atoms with Gasteiger partial charge in [0.25, 0.3) is 0 Å². The summed E-state index contributed by atoms with van der Waals surface area (Å²) in [5.74, 6) is 0.0109. The number of benzene rings is 2. The third-order valence-corrected chi connectivity index (χ3v) is 3.64. The van der Waals surface area contributed by atoms with Crippen LogP contribution in [0.2, 0.25) is 0 Å².